The zero-order chi connectivity index (χ0) is 23.2. The van der Waals surface area contributed by atoms with Gasteiger partial charge in [-0.2, -0.15) is 13.2 Å². The lowest BCUT2D eigenvalue weighted by atomic mass is 9.71. The molecule has 3 fully saturated rings. The second kappa shape index (κ2) is 9.44. The van der Waals surface area contributed by atoms with E-state index in [1.807, 2.05) is 36.4 Å². The van der Waals surface area contributed by atoms with E-state index >= 15 is 0 Å². The Bertz CT molecular complexity index is 1160. The van der Waals surface area contributed by atoms with Crippen molar-refractivity contribution in [3.63, 3.8) is 0 Å². The van der Waals surface area contributed by atoms with E-state index in [0.717, 1.165) is 60.1 Å². The first-order chi connectivity index (χ1) is 15.8. The van der Waals surface area contributed by atoms with Gasteiger partial charge in [0, 0.05) is 35.9 Å². The lowest BCUT2D eigenvalue weighted by Crippen LogP contribution is -3.00. The van der Waals surface area contributed by atoms with Gasteiger partial charge < -0.3 is 26.6 Å². The van der Waals surface area contributed by atoms with Crippen LogP contribution >= 0.6 is 0 Å². The lowest BCUT2D eigenvalue weighted by Gasteiger charge is -2.58. The van der Waals surface area contributed by atoms with Crippen LogP contribution in [0.3, 0.4) is 0 Å². The molecule has 5 atom stereocenters. The summed E-state index contributed by atoms with van der Waals surface area (Å²) >= 11 is 0. The molecular formula is C27H28BrF3N2O. The molecule has 34 heavy (non-hydrogen) atoms. The van der Waals surface area contributed by atoms with E-state index in [-0.39, 0.29) is 23.0 Å². The molecule has 0 amide bonds. The SMILES string of the molecule is C=C[C@H]1C[N@+]2(Cc3ccc(C(F)(F)F)cc3)CC[C@H]1C[C@H]2[C@@H](O)c1ccnc2ccccc12.[Br-]. The van der Waals surface area contributed by atoms with Crippen LogP contribution in [0.15, 0.2) is 73.4 Å². The van der Waals surface area contributed by atoms with Gasteiger partial charge in [-0.25, -0.2) is 0 Å². The van der Waals surface area contributed by atoms with Crippen LogP contribution in [-0.4, -0.2) is 33.7 Å². The van der Waals surface area contributed by atoms with Gasteiger partial charge in [-0.05, 0) is 35.7 Å². The maximum atomic E-state index is 13.1. The van der Waals surface area contributed by atoms with Gasteiger partial charge in [-0.3, -0.25) is 4.98 Å². The molecule has 1 N–H and O–H groups in total. The highest BCUT2D eigenvalue weighted by Gasteiger charge is 2.54. The molecule has 0 unspecified atom stereocenters. The molecular weight excluding hydrogens is 505 g/mol. The summed E-state index contributed by atoms with van der Waals surface area (Å²) in [6, 6.07) is 15.2. The fourth-order valence-electron chi connectivity index (χ4n) is 6.13. The second-order valence-corrected chi connectivity index (χ2v) is 9.59. The van der Waals surface area contributed by atoms with Gasteiger partial charge in [0.25, 0.3) is 0 Å². The average Bonchev–Trinajstić information content (AvgIpc) is 2.83. The van der Waals surface area contributed by atoms with Crippen LogP contribution in [0.25, 0.3) is 10.9 Å². The maximum Gasteiger partial charge on any atom is 0.416 e. The first-order valence-corrected chi connectivity index (χ1v) is 11.5. The van der Waals surface area contributed by atoms with Gasteiger partial charge in [0.2, 0.25) is 0 Å². The van der Waals surface area contributed by atoms with E-state index in [1.54, 1.807) is 18.3 Å². The summed E-state index contributed by atoms with van der Waals surface area (Å²) in [5, 5.41) is 12.6. The molecule has 3 aliphatic heterocycles. The van der Waals surface area contributed by atoms with Crippen molar-refractivity contribution in [3.05, 3.63) is 90.1 Å². The molecule has 0 aliphatic carbocycles. The highest BCUT2D eigenvalue weighted by atomic mass is 79.9. The normalized spacial score (nSPS) is 27.2. The number of pyridine rings is 1. The molecule has 4 heterocycles. The molecule has 180 valence electrons. The first-order valence-electron chi connectivity index (χ1n) is 11.5. The van der Waals surface area contributed by atoms with Gasteiger partial charge >= 0.3 is 6.18 Å². The number of rotatable bonds is 5. The minimum atomic E-state index is -4.34. The van der Waals surface area contributed by atoms with Crippen LogP contribution in [0.4, 0.5) is 13.2 Å². The monoisotopic (exact) mass is 532 g/mol. The number of piperidine rings is 3. The summed E-state index contributed by atoms with van der Waals surface area (Å²) in [7, 11) is 0. The zero-order valence-electron chi connectivity index (χ0n) is 18.8. The number of para-hydroxylation sites is 1. The number of benzene rings is 2. The number of halogens is 4. The van der Waals surface area contributed by atoms with Crippen LogP contribution in [-0.2, 0) is 12.7 Å². The van der Waals surface area contributed by atoms with E-state index in [2.05, 4.69) is 11.6 Å². The molecule has 6 rings (SSSR count). The fourth-order valence-corrected chi connectivity index (χ4v) is 6.13. The topological polar surface area (TPSA) is 33.1 Å². The smallest absolute Gasteiger partial charge is 0.416 e. The molecule has 0 spiro atoms. The highest BCUT2D eigenvalue weighted by Crippen LogP contribution is 2.48. The summed E-state index contributed by atoms with van der Waals surface area (Å²) in [4.78, 5) is 4.43. The quantitative estimate of drug-likeness (QED) is 0.405. The van der Waals surface area contributed by atoms with Gasteiger partial charge in [0.15, 0.2) is 0 Å². The van der Waals surface area contributed by atoms with E-state index < -0.39 is 17.8 Å². The van der Waals surface area contributed by atoms with Gasteiger partial charge in [0.05, 0.1) is 24.2 Å². The molecule has 3 saturated heterocycles. The van der Waals surface area contributed by atoms with Crippen molar-refractivity contribution >= 4 is 10.9 Å². The van der Waals surface area contributed by atoms with Crippen molar-refractivity contribution in [2.75, 3.05) is 13.1 Å². The molecule has 3 aromatic rings. The van der Waals surface area contributed by atoms with E-state index in [9.17, 15) is 18.3 Å². The standard InChI is InChI=1S/C27H28F3N2O.BrH/c1-2-19-17-32(16-18-7-9-21(10-8-18)27(28,29)30)14-12-20(19)15-25(32)26(33)23-11-13-31-24-6-4-3-5-22(23)24;/h2-11,13,19-20,25-26,33H,1,12,14-17H2;1H/q+1;/p-1/t19-,20-,25-,26-,32+;/m0./s1. The number of aromatic nitrogens is 1. The molecule has 0 saturated carbocycles. The number of aliphatic hydroxyl groups is 1. The number of aliphatic hydroxyl groups excluding tert-OH is 1. The Labute approximate surface area is 208 Å². The van der Waals surface area contributed by atoms with Crippen LogP contribution in [0.1, 0.15) is 35.6 Å². The maximum absolute atomic E-state index is 13.1. The summed E-state index contributed by atoms with van der Waals surface area (Å²) in [6.45, 7) is 6.39. The minimum absolute atomic E-state index is 0. The number of quaternary nitrogens is 1. The fraction of sp³-hybridized carbons (Fsp3) is 0.370. The Balaban J connectivity index is 0.00000274. The summed E-state index contributed by atoms with van der Waals surface area (Å²) in [5.74, 6) is 0.827. The van der Waals surface area contributed by atoms with Crippen molar-refractivity contribution in [1.29, 1.82) is 0 Å². The molecule has 0 radical (unpaired) electrons. The third-order valence-electron chi connectivity index (χ3n) is 7.82. The first kappa shape index (κ1) is 24.9. The van der Waals surface area contributed by atoms with Crippen LogP contribution in [0, 0.1) is 11.8 Å². The Morgan fingerprint density at radius 3 is 2.56 bits per heavy atom. The van der Waals surface area contributed by atoms with Crippen molar-refractivity contribution in [2.24, 2.45) is 11.8 Å². The molecule has 2 bridgehead atoms. The van der Waals surface area contributed by atoms with Crippen LogP contribution < -0.4 is 17.0 Å². The molecule has 1 aromatic heterocycles. The Hall–Kier alpha value is -2.22. The van der Waals surface area contributed by atoms with Gasteiger partial charge in [-0.1, -0.05) is 36.4 Å². The van der Waals surface area contributed by atoms with Crippen molar-refractivity contribution < 1.29 is 39.7 Å². The van der Waals surface area contributed by atoms with Crippen LogP contribution in [0.5, 0.6) is 0 Å². The number of hydrogen-bond acceptors (Lipinski definition) is 2. The Morgan fingerprint density at radius 1 is 1.12 bits per heavy atom. The van der Waals surface area contributed by atoms with E-state index in [4.69, 9.17) is 0 Å². The average molecular weight is 533 g/mol. The third kappa shape index (κ3) is 4.41. The predicted molar refractivity (Wildman–Crippen MR) is 122 cm³/mol. The van der Waals surface area contributed by atoms with Crippen molar-refractivity contribution in [1.82, 2.24) is 4.98 Å². The summed E-state index contributed by atoms with van der Waals surface area (Å²) < 4.78 is 39.8. The summed E-state index contributed by atoms with van der Waals surface area (Å²) in [6.07, 6.45) is 0.648. The summed E-state index contributed by atoms with van der Waals surface area (Å²) in [5.41, 5.74) is 1.96. The molecule has 3 aliphatic rings. The molecule has 7 heteroatoms. The Kier molecular flexibility index (Phi) is 6.91. The van der Waals surface area contributed by atoms with E-state index in [1.165, 1.54) is 0 Å². The van der Waals surface area contributed by atoms with Crippen molar-refractivity contribution in [2.45, 2.75) is 37.7 Å². The lowest BCUT2D eigenvalue weighted by molar-refractivity contribution is -0.984. The number of hydrogen-bond donors (Lipinski definition) is 1. The highest BCUT2D eigenvalue weighted by molar-refractivity contribution is 5.82. The molecule has 3 nitrogen and oxygen atoms in total. The van der Waals surface area contributed by atoms with Gasteiger partial charge in [-0.15, -0.1) is 6.58 Å². The largest absolute Gasteiger partial charge is 1.00 e. The number of nitrogens with zero attached hydrogens (tertiary/aromatic N) is 2. The Morgan fingerprint density at radius 2 is 1.85 bits per heavy atom. The van der Waals surface area contributed by atoms with Crippen LogP contribution in [0.2, 0.25) is 0 Å². The minimum Gasteiger partial charge on any atom is -1.00 e. The van der Waals surface area contributed by atoms with Crippen molar-refractivity contribution in [3.8, 4) is 0 Å². The number of fused-ring (bicyclic) bond motifs is 4. The molecule has 2 aromatic carbocycles. The predicted octanol–water partition coefficient (Wildman–Crippen LogP) is 2.90. The second-order valence-electron chi connectivity index (χ2n) is 9.59. The van der Waals surface area contributed by atoms with E-state index in [0.29, 0.717) is 22.9 Å². The zero-order valence-corrected chi connectivity index (χ0v) is 20.3. The van der Waals surface area contributed by atoms with Gasteiger partial charge in [0.1, 0.15) is 18.7 Å². The number of alkyl halides is 3. The third-order valence-corrected chi connectivity index (χ3v) is 7.82.